The lowest BCUT2D eigenvalue weighted by Gasteiger charge is -2.70. The Morgan fingerprint density at radius 2 is 1.44 bits per heavy atom. The third-order valence-electron chi connectivity index (χ3n) is 7.53. The van der Waals surface area contributed by atoms with Gasteiger partial charge in [0.2, 0.25) is 0 Å². The molecule has 192 valence electrons. The number of fused-ring (bicyclic) bond motifs is 1. The summed E-state index contributed by atoms with van der Waals surface area (Å²) in [5.74, 6) is 0. The van der Waals surface area contributed by atoms with Gasteiger partial charge in [-0.05, 0) is 72.1 Å². The number of ether oxygens (including phenoxy) is 3. The van der Waals surface area contributed by atoms with Crippen molar-refractivity contribution in [2.45, 2.75) is 82.8 Å². The summed E-state index contributed by atoms with van der Waals surface area (Å²) in [7, 11) is 0. The van der Waals surface area contributed by atoms with Crippen LogP contribution in [-0.2, 0) is 25.2 Å². The van der Waals surface area contributed by atoms with Crippen LogP contribution in [-0.4, -0.2) is 47.1 Å². The number of para-hydroxylation sites is 1. The number of carbonyl (C=O) groups is 2. The van der Waals surface area contributed by atoms with E-state index in [1.807, 2.05) is 77.9 Å². The molecule has 0 bridgehead atoms. The summed E-state index contributed by atoms with van der Waals surface area (Å²) in [6.07, 6.45) is -0.297. The Labute approximate surface area is 213 Å². The molecule has 2 aromatic carbocycles. The number of anilines is 1. The normalized spacial score (nSPS) is 29.0. The molecule has 0 aliphatic carbocycles. The molecule has 7 nitrogen and oxygen atoms in total. The Hall–Kier alpha value is -3.06. The minimum absolute atomic E-state index is 0.179. The van der Waals surface area contributed by atoms with Crippen LogP contribution in [0.4, 0.5) is 15.3 Å². The molecule has 3 atom stereocenters. The molecule has 0 radical (unpaired) electrons. The van der Waals surface area contributed by atoms with Crippen molar-refractivity contribution in [3.63, 3.8) is 0 Å². The molecule has 2 amide bonds. The molecule has 2 fully saturated rings. The number of piperidine rings is 1. The SMILES string of the molecule is CC(C)(C)OC(=O)N1CCC23c4ccccc4N(C(=O)OC(C)(C)C)C2(C1)OC3(C)c1ccccc1. The summed E-state index contributed by atoms with van der Waals surface area (Å²) in [6.45, 7) is 13.9. The molecule has 0 aromatic heterocycles. The zero-order valence-corrected chi connectivity index (χ0v) is 22.3. The van der Waals surface area contributed by atoms with Crippen LogP contribution in [0.15, 0.2) is 54.6 Å². The number of benzene rings is 2. The molecule has 3 heterocycles. The van der Waals surface area contributed by atoms with Gasteiger partial charge in [-0.15, -0.1) is 0 Å². The predicted molar refractivity (Wildman–Crippen MR) is 137 cm³/mol. The van der Waals surface area contributed by atoms with Gasteiger partial charge in [0.1, 0.15) is 16.8 Å². The van der Waals surface area contributed by atoms with Crippen LogP contribution >= 0.6 is 0 Å². The van der Waals surface area contributed by atoms with Crippen molar-refractivity contribution in [2.24, 2.45) is 0 Å². The molecule has 7 heteroatoms. The first-order chi connectivity index (χ1) is 16.7. The van der Waals surface area contributed by atoms with E-state index < -0.39 is 40.1 Å². The molecule has 0 saturated carbocycles. The van der Waals surface area contributed by atoms with Gasteiger partial charge in [-0.2, -0.15) is 0 Å². The maximum absolute atomic E-state index is 13.8. The first-order valence-electron chi connectivity index (χ1n) is 12.6. The van der Waals surface area contributed by atoms with E-state index in [1.54, 1.807) is 9.80 Å². The van der Waals surface area contributed by atoms with Crippen LogP contribution in [0.5, 0.6) is 0 Å². The molecule has 3 aliphatic rings. The molecular weight excluding hydrogens is 456 g/mol. The maximum Gasteiger partial charge on any atom is 0.417 e. The topological polar surface area (TPSA) is 68.3 Å². The smallest absolute Gasteiger partial charge is 0.417 e. The van der Waals surface area contributed by atoms with E-state index in [1.165, 1.54) is 0 Å². The number of hydrogen-bond acceptors (Lipinski definition) is 5. The highest BCUT2D eigenvalue weighted by Gasteiger charge is 2.83. The standard InChI is InChI=1S/C29H36N2O5/c1-25(2,3)34-23(32)30-18-17-28-21-15-11-12-16-22(21)31(24(33)35-26(4,5)6)29(28,19-30)36-27(28,7)20-13-9-8-10-14-20/h8-16H,17-19H2,1-7H3. The molecule has 2 aromatic rings. The third kappa shape index (κ3) is 3.35. The highest BCUT2D eigenvalue weighted by atomic mass is 16.6. The lowest BCUT2D eigenvalue weighted by atomic mass is 9.52. The average molecular weight is 493 g/mol. The van der Waals surface area contributed by atoms with Gasteiger partial charge in [0, 0.05) is 6.54 Å². The minimum atomic E-state index is -1.13. The molecule has 36 heavy (non-hydrogen) atoms. The van der Waals surface area contributed by atoms with Crippen LogP contribution in [0.1, 0.15) is 66.0 Å². The van der Waals surface area contributed by atoms with Gasteiger partial charge in [-0.1, -0.05) is 48.5 Å². The predicted octanol–water partition coefficient (Wildman–Crippen LogP) is 5.96. The van der Waals surface area contributed by atoms with Crippen LogP contribution in [0.25, 0.3) is 0 Å². The molecule has 5 rings (SSSR count). The first kappa shape index (κ1) is 24.6. The van der Waals surface area contributed by atoms with E-state index in [4.69, 9.17) is 14.2 Å². The highest BCUT2D eigenvalue weighted by molar-refractivity contribution is 5.95. The van der Waals surface area contributed by atoms with E-state index in [2.05, 4.69) is 25.1 Å². The number of hydrogen-bond donors (Lipinski definition) is 0. The van der Waals surface area contributed by atoms with Gasteiger partial charge in [-0.3, -0.25) is 0 Å². The fraction of sp³-hybridized carbons (Fsp3) is 0.517. The number of carbonyl (C=O) groups excluding carboxylic acids is 2. The molecule has 3 aliphatic heterocycles. The summed E-state index contributed by atoms with van der Waals surface area (Å²) >= 11 is 0. The highest BCUT2D eigenvalue weighted by Crippen LogP contribution is 2.73. The van der Waals surface area contributed by atoms with Gasteiger partial charge in [0.15, 0.2) is 5.72 Å². The van der Waals surface area contributed by atoms with Crippen molar-refractivity contribution in [1.29, 1.82) is 0 Å². The largest absolute Gasteiger partial charge is 0.444 e. The molecule has 3 unspecified atom stereocenters. The quantitative estimate of drug-likeness (QED) is 0.491. The third-order valence-corrected chi connectivity index (χ3v) is 7.53. The Morgan fingerprint density at radius 1 is 0.861 bits per heavy atom. The van der Waals surface area contributed by atoms with Crippen LogP contribution < -0.4 is 4.90 Å². The van der Waals surface area contributed by atoms with E-state index in [0.717, 1.165) is 16.8 Å². The van der Waals surface area contributed by atoms with Gasteiger partial charge in [-0.25, -0.2) is 14.5 Å². The van der Waals surface area contributed by atoms with E-state index >= 15 is 0 Å². The fourth-order valence-electron chi connectivity index (χ4n) is 6.31. The Bertz CT molecular complexity index is 1200. The second-order valence-electron chi connectivity index (χ2n) is 12.2. The maximum atomic E-state index is 13.8. The number of likely N-dealkylation sites (tertiary alicyclic amines) is 1. The Morgan fingerprint density at radius 3 is 2.08 bits per heavy atom. The van der Waals surface area contributed by atoms with E-state index in [-0.39, 0.29) is 6.54 Å². The average Bonchev–Trinajstić information content (AvgIpc) is 2.99. The zero-order valence-electron chi connectivity index (χ0n) is 22.3. The van der Waals surface area contributed by atoms with Crippen molar-refractivity contribution in [3.05, 3.63) is 65.7 Å². The van der Waals surface area contributed by atoms with Gasteiger partial charge in [0.25, 0.3) is 0 Å². The lowest BCUT2D eigenvalue weighted by Crippen LogP contribution is -2.85. The molecule has 0 spiro atoms. The first-order valence-corrected chi connectivity index (χ1v) is 12.6. The number of nitrogens with zero attached hydrogens (tertiary/aromatic N) is 2. The summed E-state index contributed by atoms with van der Waals surface area (Å²) in [4.78, 5) is 30.3. The van der Waals surface area contributed by atoms with Crippen molar-refractivity contribution >= 4 is 17.9 Å². The minimum Gasteiger partial charge on any atom is -0.444 e. The summed E-state index contributed by atoms with van der Waals surface area (Å²) in [5.41, 5.74) is -0.902. The van der Waals surface area contributed by atoms with Crippen molar-refractivity contribution in [3.8, 4) is 0 Å². The second-order valence-corrected chi connectivity index (χ2v) is 12.2. The summed E-state index contributed by atoms with van der Waals surface area (Å²) in [5, 5.41) is 0. The summed E-state index contributed by atoms with van der Waals surface area (Å²) < 4.78 is 18.5. The molecular formula is C29H36N2O5. The van der Waals surface area contributed by atoms with E-state index in [0.29, 0.717) is 13.0 Å². The Balaban J connectivity index is 1.67. The van der Waals surface area contributed by atoms with Crippen molar-refractivity contribution < 1.29 is 23.8 Å². The number of rotatable bonds is 1. The zero-order chi connectivity index (χ0) is 26.1. The number of amides is 2. The van der Waals surface area contributed by atoms with E-state index in [9.17, 15) is 9.59 Å². The van der Waals surface area contributed by atoms with Crippen LogP contribution in [0.3, 0.4) is 0 Å². The fourth-order valence-corrected chi connectivity index (χ4v) is 6.31. The van der Waals surface area contributed by atoms with Gasteiger partial charge in [0.05, 0.1) is 17.6 Å². The van der Waals surface area contributed by atoms with Crippen molar-refractivity contribution in [2.75, 3.05) is 18.0 Å². The van der Waals surface area contributed by atoms with Crippen LogP contribution in [0.2, 0.25) is 0 Å². The van der Waals surface area contributed by atoms with Gasteiger partial charge >= 0.3 is 12.2 Å². The second kappa shape index (κ2) is 7.72. The molecule has 0 N–H and O–H groups in total. The Kier molecular flexibility index (Phi) is 5.28. The van der Waals surface area contributed by atoms with Crippen molar-refractivity contribution in [1.82, 2.24) is 4.90 Å². The monoisotopic (exact) mass is 492 g/mol. The van der Waals surface area contributed by atoms with Crippen LogP contribution in [0, 0.1) is 0 Å². The molecule has 2 saturated heterocycles. The lowest BCUT2D eigenvalue weighted by molar-refractivity contribution is -0.352. The summed E-state index contributed by atoms with van der Waals surface area (Å²) in [6, 6.07) is 18.1. The van der Waals surface area contributed by atoms with Gasteiger partial charge < -0.3 is 19.1 Å².